The minimum Gasteiger partial charge on any atom is -0.310 e. The number of rotatable bonds is 5. The molecule has 17 heavy (non-hydrogen) atoms. The van der Waals surface area contributed by atoms with E-state index >= 15 is 0 Å². The van der Waals surface area contributed by atoms with Crippen molar-refractivity contribution in [2.75, 3.05) is 6.54 Å². The summed E-state index contributed by atoms with van der Waals surface area (Å²) in [6.07, 6.45) is 0.996. The lowest BCUT2D eigenvalue weighted by Gasteiger charge is -2.14. The lowest BCUT2D eigenvalue weighted by molar-refractivity contribution is 0.531. The summed E-state index contributed by atoms with van der Waals surface area (Å²) in [5.74, 6) is -0.136. The fourth-order valence-electron chi connectivity index (χ4n) is 1.80. The zero-order valence-corrected chi connectivity index (χ0v) is 10.6. The summed E-state index contributed by atoms with van der Waals surface area (Å²) >= 11 is 1.76. The molecule has 2 aromatic rings. The van der Waals surface area contributed by atoms with Gasteiger partial charge in [-0.1, -0.05) is 24.3 Å². The molecule has 1 N–H and O–H groups in total. The van der Waals surface area contributed by atoms with E-state index in [0.717, 1.165) is 18.5 Å². The first-order valence-electron chi connectivity index (χ1n) is 5.77. The third-order valence-corrected chi connectivity index (χ3v) is 3.71. The van der Waals surface area contributed by atoms with Crippen molar-refractivity contribution >= 4 is 11.3 Å². The zero-order chi connectivity index (χ0) is 12.1. The number of nitrogens with one attached hydrogen (secondary N) is 1. The van der Waals surface area contributed by atoms with Crippen LogP contribution in [0.1, 0.15) is 23.4 Å². The second-order valence-corrected chi connectivity index (χ2v) is 5.06. The first-order valence-corrected chi connectivity index (χ1v) is 6.65. The molecule has 0 spiro atoms. The van der Waals surface area contributed by atoms with Gasteiger partial charge in [0.1, 0.15) is 5.82 Å². The minimum atomic E-state index is -0.136. The van der Waals surface area contributed by atoms with E-state index in [0.29, 0.717) is 0 Å². The summed E-state index contributed by atoms with van der Waals surface area (Å²) in [4.78, 5) is 1.36. The quantitative estimate of drug-likeness (QED) is 0.850. The van der Waals surface area contributed by atoms with Crippen molar-refractivity contribution in [2.24, 2.45) is 0 Å². The number of halogens is 1. The van der Waals surface area contributed by atoms with Gasteiger partial charge >= 0.3 is 0 Å². The van der Waals surface area contributed by atoms with Crippen LogP contribution in [-0.2, 0) is 6.42 Å². The standard InChI is InChI=1S/C14H16FNS/c1-11(13-6-2-3-7-14(13)15)16-9-8-12-5-4-10-17-12/h2-7,10-11,16H,8-9H2,1H3/t11-/m1/s1. The molecule has 90 valence electrons. The molecule has 0 fully saturated rings. The molecule has 2 rings (SSSR count). The summed E-state index contributed by atoms with van der Waals surface area (Å²) in [6, 6.07) is 11.2. The van der Waals surface area contributed by atoms with Gasteiger partial charge in [0.15, 0.2) is 0 Å². The molecule has 1 atom stereocenters. The number of hydrogen-bond donors (Lipinski definition) is 1. The Hall–Kier alpha value is -1.19. The Bertz CT molecular complexity index is 453. The van der Waals surface area contributed by atoms with Gasteiger partial charge in [0.25, 0.3) is 0 Å². The average molecular weight is 249 g/mol. The van der Waals surface area contributed by atoms with Gasteiger partial charge in [-0.2, -0.15) is 0 Å². The molecule has 1 heterocycles. The monoisotopic (exact) mass is 249 g/mol. The van der Waals surface area contributed by atoms with Crippen LogP contribution in [0.4, 0.5) is 4.39 Å². The van der Waals surface area contributed by atoms with Crippen LogP contribution in [-0.4, -0.2) is 6.54 Å². The van der Waals surface area contributed by atoms with E-state index in [-0.39, 0.29) is 11.9 Å². The normalized spacial score (nSPS) is 12.6. The first kappa shape index (κ1) is 12.3. The highest BCUT2D eigenvalue weighted by Gasteiger charge is 2.08. The topological polar surface area (TPSA) is 12.0 Å². The molecular weight excluding hydrogens is 233 g/mol. The lowest BCUT2D eigenvalue weighted by atomic mass is 10.1. The Morgan fingerprint density at radius 1 is 1.24 bits per heavy atom. The summed E-state index contributed by atoms with van der Waals surface area (Å²) < 4.78 is 13.5. The molecule has 0 saturated carbocycles. The maximum Gasteiger partial charge on any atom is 0.127 e. The van der Waals surface area contributed by atoms with Crippen molar-refractivity contribution in [1.82, 2.24) is 5.32 Å². The Morgan fingerprint density at radius 3 is 2.76 bits per heavy atom. The second-order valence-electron chi connectivity index (χ2n) is 4.03. The summed E-state index contributed by atoms with van der Waals surface area (Å²) in [7, 11) is 0. The summed E-state index contributed by atoms with van der Waals surface area (Å²) in [5.41, 5.74) is 0.735. The molecule has 1 aromatic carbocycles. The molecule has 0 aliphatic carbocycles. The molecule has 0 amide bonds. The molecule has 0 radical (unpaired) electrons. The van der Waals surface area contributed by atoms with Crippen LogP contribution in [0.15, 0.2) is 41.8 Å². The molecule has 3 heteroatoms. The van der Waals surface area contributed by atoms with Crippen LogP contribution in [0.25, 0.3) is 0 Å². The fraction of sp³-hybridized carbons (Fsp3) is 0.286. The number of hydrogen-bond acceptors (Lipinski definition) is 2. The van der Waals surface area contributed by atoms with Crippen LogP contribution >= 0.6 is 11.3 Å². The van der Waals surface area contributed by atoms with Crippen molar-refractivity contribution in [3.63, 3.8) is 0 Å². The molecule has 0 aliphatic rings. The highest BCUT2D eigenvalue weighted by molar-refractivity contribution is 7.09. The summed E-state index contributed by atoms with van der Waals surface area (Å²) in [6.45, 7) is 2.86. The largest absolute Gasteiger partial charge is 0.310 e. The lowest BCUT2D eigenvalue weighted by Crippen LogP contribution is -2.21. The van der Waals surface area contributed by atoms with Gasteiger partial charge in [0.05, 0.1) is 0 Å². The highest BCUT2D eigenvalue weighted by atomic mass is 32.1. The molecule has 1 aromatic heterocycles. The minimum absolute atomic E-state index is 0.0520. The molecule has 0 bridgehead atoms. The van der Waals surface area contributed by atoms with Crippen LogP contribution in [0.3, 0.4) is 0 Å². The van der Waals surface area contributed by atoms with Gasteiger partial charge in [0, 0.05) is 23.0 Å². The Labute approximate surface area is 105 Å². The molecule has 0 aliphatic heterocycles. The van der Waals surface area contributed by atoms with Crippen LogP contribution in [0, 0.1) is 5.82 Å². The van der Waals surface area contributed by atoms with Gasteiger partial charge in [-0.15, -0.1) is 11.3 Å². The first-order chi connectivity index (χ1) is 8.27. The van der Waals surface area contributed by atoms with Gasteiger partial charge in [-0.3, -0.25) is 0 Å². The van der Waals surface area contributed by atoms with E-state index in [1.165, 1.54) is 10.9 Å². The predicted molar refractivity (Wildman–Crippen MR) is 70.8 cm³/mol. The Kier molecular flexibility index (Phi) is 4.29. The third kappa shape index (κ3) is 3.38. The van der Waals surface area contributed by atoms with E-state index in [2.05, 4.69) is 22.8 Å². The highest BCUT2D eigenvalue weighted by Crippen LogP contribution is 2.16. The van der Waals surface area contributed by atoms with Crippen LogP contribution in [0.2, 0.25) is 0 Å². The van der Waals surface area contributed by atoms with Crippen molar-refractivity contribution in [3.8, 4) is 0 Å². The SMILES string of the molecule is C[C@@H](NCCc1cccs1)c1ccccc1F. The van der Waals surface area contributed by atoms with Crippen molar-refractivity contribution < 1.29 is 4.39 Å². The molecule has 0 saturated heterocycles. The second kappa shape index (κ2) is 5.94. The van der Waals surface area contributed by atoms with Crippen molar-refractivity contribution in [2.45, 2.75) is 19.4 Å². The summed E-state index contributed by atoms with van der Waals surface area (Å²) in [5, 5.41) is 5.42. The van der Waals surface area contributed by atoms with E-state index in [4.69, 9.17) is 0 Å². The van der Waals surface area contributed by atoms with E-state index < -0.39 is 0 Å². The van der Waals surface area contributed by atoms with Crippen LogP contribution < -0.4 is 5.32 Å². The molecule has 0 unspecified atom stereocenters. The van der Waals surface area contributed by atoms with E-state index in [9.17, 15) is 4.39 Å². The van der Waals surface area contributed by atoms with Crippen molar-refractivity contribution in [3.05, 3.63) is 58.0 Å². The Balaban J connectivity index is 1.85. The van der Waals surface area contributed by atoms with Gasteiger partial charge in [-0.25, -0.2) is 4.39 Å². The Morgan fingerprint density at radius 2 is 2.06 bits per heavy atom. The predicted octanol–water partition coefficient (Wildman–Crippen LogP) is 3.78. The van der Waals surface area contributed by atoms with Gasteiger partial charge in [-0.05, 0) is 30.9 Å². The van der Waals surface area contributed by atoms with Crippen molar-refractivity contribution in [1.29, 1.82) is 0 Å². The maximum absolute atomic E-state index is 13.5. The molecular formula is C14H16FNS. The maximum atomic E-state index is 13.5. The smallest absolute Gasteiger partial charge is 0.127 e. The number of benzene rings is 1. The van der Waals surface area contributed by atoms with Gasteiger partial charge < -0.3 is 5.32 Å². The third-order valence-electron chi connectivity index (χ3n) is 2.77. The molecule has 1 nitrogen and oxygen atoms in total. The average Bonchev–Trinajstić information content (AvgIpc) is 2.82. The number of thiophene rings is 1. The fourth-order valence-corrected chi connectivity index (χ4v) is 2.51. The van der Waals surface area contributed by atoms with Gasteiger partial charge in [0.2, 0.25) is 0 Å². The zero-order valence-electron chi connectivity index (χ0n) is 9.82. The van der Waals surface area contributed by atoms with E-state index in [1.54, 1.807) is 17.4 Å². The van der Waals surface area contributed by atoms with Crippen LogP contribution in [0.5, 0.6) is 0 Å². The van der Waals surface area contributed by atoms with E-state index in [1.807, 2.05) is 19.1 Å².